The number of fused-ring (bicyclic) bond motifs is 7. The summed E-state index contributed by atoms with van der Waals surface area (Å²) < 4.78 is 7.04. The third-order valence-corrected chi connectivity index (χ3v) is 17.1. The van der Waals surface area contributed by atoms with Gasteiger partial charge in [-0.3, -0.25) is 0 Å². The molecule has 7 atom stereocenters. The summed E-state index contributed by atoms with van der Waals surface area (Å²) in [4.78, 5) is 15.1. The predicted octanol–water partition coefficient (Wildman–Crippen LogP) is 12.2. The number of aliphatic imine (C=N–C) groups is 2. The van der Waals surface area contributed by atoms with Crippen LogP contribution in [0.5, 0.6) is 0 Å². The van der Waals surface area contributed by atoms with Crippen LogP contribution in [0.15, 0.2) is 119 Å². The van der Waals surface area contributed by atoms with Crippen LogP contribution >= 0.6 is 11.8 Å². The van der Waals surface area contributed by atoms with Crippen molar-refractivity contribution in [2.75, 3.05) is 0 Å². The first kappa shape index (κ1) is 35.9. The monoisotopic (exact) mass is 786 g/mol. The minimum Gasteiger partial charge on any atom is -0.465 e. The number of allylic oxidation sites excluding steroid dienone is 11. The number of amidine groups is 2. The van der Waals surface area contributed by atoms with E-state index in [2.05, 4.69) is 102 Å². The van der Waals surface area contributed by atoms with Crippen molar-refractivity contribution in [3.8, 4) is 0 Å². The topological polar surface area (TPSA) is 53.1 Å². The Kier molecular flexibility index (Phi) is 8.85. The maximum atomic E-state index is 7.04. The molecule has 0 aromatic carbocycles. The summed E-state index contributed by atoms with van der Waals surface area (Å²) in [6.07, 6.45) is 50.4. The summed E-state index contributed by atoms with van der Waals surface area (Å²) in [6.45, 7) is 2.49. The summed E-state index contributed by atoms with van der Waals surface area (Å²) in [7, 11) is 0. The largest absolute Gasteiger partial charge is 0.465 e. The Morgan fingerprint density at radius 3 is 2.71 bits per heavy atom. The van der Waals surface area contributed by atoms with Gasteiger partial charge in [0.1, 0.15) is 23.5 Å². The first-order valence-electron chi connectivity index (χ1n) is 23.1. The van der Waals surface area contributed by atoms with E-state index in [1.54, 1.807) is 32.9 Å². The summed E-state index contributed by atoms with van der Waals surface area (Å²) in [5.41, 5.74) is 13.3. The molecule has 1 fully saturated rings. The fourth-order valence-electron chi connectivity index (χ4n) is 12.8. The molecular weight excluding hydrogens is 729 g/mol. The molecule has 6 heteroatoms. The standard InChI is InChI=1S/C52H58N4OS/c1-52(56-42-20-10-8-18-41(42)48-36(19-12-21-43(48)56)32-13-4-2-5-14-32)28-27-38-37-25-23-34(29-44(37)57-45(38)31-52)50-53-49(33-15-6-3-7-16-33)54-51(55-50)35-24-26-40-39-17-9-11-22-46(39)58-47(40)30-35/h3,6,8,13,15,18-19,23,25,27-28,30,34,39,43,46,48,51H,2,4-5,7,9-12,14,16-17,20-22,24,26,29,31H2,1H3,(H,53,54,55). The highest BCUT2D eigenvalue weighted by Gasteiger charge is 2.50. The number of rotatable bonds is 5. The molecule has 0 bridgehead atoms. The molecule has 58 heavy (non-hydrogen) atoms. The highest BCUT2D eigenvalue weighted by atomic mass is 32.2. The zero-order valence-corrected chi connectivity index (χ0v) is 35.1. The second-order valence-electron chi connectivity index (χ2n) is 19.1. The van der Waals surface area contributed by atoms with E-state index >= 15 is 0 Å². The molecule has 0 saturated heterocycles. The molecule has 0 spiro atoms. The van der Waals surface area contributed by atoms with Crippen molar-refractivity contribution in [2.24, 2.45) is 27.7 Å². The second kappa shape index (κ2) is 14.3. The molecule has 8 aliphatic carbocycles. The second-order valence-corrected chi connectivity index (χ2v) is 20.4. The van der Waals surface area contributed by atoms with Crippen molar-refractivity contribution >= 4 is 35.6 Å². The zero-order valence-electron chi connectivity index (χ0n) is 34.3. The molecule has 3 aliphatic heterocycles. The van der Waals surface area contributed by atoms with E-state index in [4.69, 9.17) is 14.4 Å². The molecule has 1 saturated carbocycles. The number of hydrogen-bond donors (Lipinski definition) is 1. The minimum absolute atomic E-state index is 0.0718. The minimum atomic E-state index is -0.126. The van der Waals surface area contributed by atoms with Crippen molar-refractivity contribution in [1.82, 2.24) is 10.2 Å². The molecule has 1 aromatic rings. The molecule has 298 valence electrons. The Morgan fingerprint density at radius 1 is 0.862 bits per heavy atom. The molecule has 11 aliphatic rings. The van der Waals surface area contributed by atoms with Gasteiger partial charge >= 0.3 is 0 Å². The quantitative estimate of drug-likeness (QED) is 0.323. The molecule has 0 radical (unpaired) electrons. The molecular formula is C52H58N4OS. The number of hydrogen-bond acceptors (Lipinski definition) is 6. The Labute approximate surface area is 349 Å². The van der Waals surface area contributed by atoms with Crippen LogP contribution < -0.4 is 5.32 Å². The summed E-state index contributed by atoms with van der Waals surface area (Å²) in [6, 6.07) is 0.508. The van der Waals surface area contributed by atoms with Gasteiger partial charge in [0.05, 0.1) is 5.54 Å². The molecule has 7 unspecified atom stereocenters. The average Bonchev–Trinajstić information content (AvgIpc) is 3.95. The molecule has 4 heterocycles. The van der Waals surface area contributed by atoms with Gasteiger partial charge in [0.2, 0.25) is 0 Å². The highest BCUT2D eigenvalue weighted by molar-refractivity contribution is 8.04. The van der Waals surface area contributed by atoms with Gasteiger partial charge in [-0.1, -0.05) is 85.3 Å². The smallest absolute Gasteiger partial charge is 0.154 e. The number of thioether (sulfide) groups is 1. The molecule has 12 rings (SSSR count). The Balaban J connectivity index is 0.819. The lowest BCUT2D eigenvalue weighted by Crippen LogP contribution is -2.52. The van der Waals surface area contributed by atoms with E-state index in [0.29, 0.717) is 12.0 Å². The maximum Gasteiger partial charge on any atom is 0.154 e. The SMILES string of the molecule is CC1(N2C3=C(C=CCC3)C3C(C4=CCCCC4)=CCCC32)C=Cc2c(oc3c2C=CC(C2=NC(C4=CC=CCC4)=NC(C4=CC5=C(CC4)C4CCCCC4S5)N2)C3)C1. The lowest BCUT2D eigenvalue weighted by molar-refractivity contribution is 0.118. The molecule has 1 aromatic heterocycles. The predicted molar refractivity (Wildman–Crippen MR) is 240 cm³/mol. The normalized spacial score (nSPS) is 34.7. The van der Waals surface area contributed by atoms with Gasteiger partial charge < -0.3 is 14.6 Å². The van der Waals surface area contributed by atoms with Gasteiger partial charge in [-0.05, 0) is 137 Å². The average molecular weight is 787 g/mol. The van der Waals surface area contributed by atoms with Crippen LogP contribution in [0.2, 0.25) is 0 Å². The van der Waals surface area contributed by atoms with E-state index in [0.717, 1.165) is 79.3 Å². The van der Waals surface area contributed by atoms with Crippen molar-refractivity contribution in [1.29, 1.82) is 0 Å². The zero-order chi connectivity index (χ0) is 38.4. The van der Waals surface area contributed by atoms with E-state index in [1.807, 2.05) is 0 Å². The Morgan fingerprint density at radius 2 is 1.79 bits per heavy atom. The number of nitrogens with zero attached hydrogens (tertiary/aromatic N) is 3. The van der Waals surface area contributed by atoms with Gasteiger partial charge in [-0.2, -0.15) is 0 Å². The highest BCUT2D eigenvalue weighted by Crippen LogP contribution is 2.55. The van der Waals surface area contributed by atoms with Crippen LogP contribution in [0.1, 0.15) is 132 Å². The third kappa shape index (κ3) is 5.92. The van der Waals surface area contributed by atoms with Crippen LogP contribution in [-0.2, 0) is 12.8 Å². The van der Waals surface area contributed by atoms with Crippen molar-refractivity contribution in [3.05, 3.63) is 127 Å². The van der Waals surface area contributed by atoms with Gasteiger partial charge in [0.25, 0.3) is 0 Å². The van der Waals surface area contributed by atoms with E-state index in [1.165, 1.54) is 92.9 Å². The maximum absolute atomic E-state index is 7.04. The first-order chi connectivity index (χ1) is 28.6. The van der Waals surface area contributed by atoms with Gasteiger partial charge in [0.15, 0.2) is 5.84 Å². The number of nitrogens with one attached hydrogen (secondary N) is 1. The van der Waals surface area contributed by atoms with Crippen molar-refractivity contribution in [3.63, 3.8) is 0 Å². The fraction of sp³-hybridized carbons (Fsp3) is 0.500. The van der Waals surface area contributed by atoms with Crippen LogP contribution in [0.25, 0.3) is 12.2 Å². The van der Waals surface area contributed by atoms with Crippen LogP contribution in [0.4, 0.5) is 0 Å². The van der Waals surface area contributed by atoms with Gasteiger partial charge in [0, 0.05) is 57.7 Å². The van der Waals surface area contributed by atoms with E-state index in [9.17, 15) is 0 Å². The van der Waals surface area contributed by atoms with Crippen LogP contribution in [0.3, 0.4) is 0 Å². The van der Waals surface area contributed by atoms with Crippen molar-refractivity contribution in [2.45, 2.75) is 145 Å². The number of furan rings is 1. The molecule has 5 nitrogen and oxygen atoms in total. The first-order valence-corrected chi connectivity index (χ1v) is 24.0. The van der Waals surface area contributed by atoms with Gasteiger partial charge in [-0.15, -0.1) is 11.8 Å². The van der Waals surface area contributed by atoms with Crippen LogP contribution in [0, 0.1) is 17.8 Å². The lowest BCUT2D eigenvalue weighted by atomic mass is 9.74. The molecule has 0 amide bonds. The Bertz CT molecular complexity index is 2330. The lowest BCUT2D eigenvalue weighted by Gasteiger charge is -2.47. The summed E-state index contributed by atoms with van der Waals surface area (Å²) in [5, 5.41) is 4.71. The fourth-order valence-corrected chi connectivity index (χ4v) is 14.5. The summed E-state index contributed by atoms with van der Waals surface area (Å²) >= 11 is 2.17. The third-order valence-electron chi connectivity index (χ3n) is 15.6. The molecule has 1 N–H and O–H groups in total. The Hall–Kier alpha value is -4.03. The van der Waals surface area contributed by atoms with Crippen molar-refractivity contribution < 1.29 is 4.42 Å². The summed E-state index contributed by atoms with van der Waals surface area (Å²) in [5.74, 6) is 5.65. The van der Waals surface area contributed by atoms with E-state index < -0.39 is 0 Å². The van der Waals surface area contributed by atoms with E-state index in [-0.39, 0.29) is 17.6 Å². The van der Waals surface area contributed by atoms with Gasteiger partial charge in [-0.25, -0.2) is 9.98 Å². The van der Waals surface area contributed by atoms with Crippen LogP contribution in [-0.4, -0.2) is 39.6 Å².